The summed E-state index contributed by atoms with van der Waals surface area (Å²) >= 11 is 0. The van der Waals surface area contributed by atoms with E-state index in [0.717, 1.165) is 0 Å². The summed E-state index contributed by atoms with van der Waals surface area (Å²) in [6, 6.07) is 0.262. The van der Waals surface area contributed by atoms with Crippen LogP contribution in [0.5, 0.6) is 0 Å². The van der Waals surface area contributed by atoms with Crippen LogP contribution >= 0.6 is 0 Å². The number of nitrogens with one attached hydrogen (secondary N) is 1. The van der Waals surface area contributed by atoms with Crippen molar-refractivity contribution in [3.05, 3.63) is 0 Å². The van der Waals surface area contributed by atoms with E-state index < -0.39 is 0 Å². The second-order valence-corrected chi connectivity index (χ2v) is 4.10. The van der Waals surface area contributed by atoms with E-state index in [9.17, 15) is 0 Å². The van der Waals surface area contributed by atoms with Gasteiger partial charge in [-0.1, -0.05) is 32.1 Å². The second-order valence-electron chi connectivity index (χ2n) is 4.10. The highest BCUT2D eigenvalue weighted by Gasteiger charge is 2.33. The summed E-state index contributed by atoms with van der Waals surface area (Å²) < 4.78 is 0. The standard InChI is InChI=1S/C11H19N/c1-4-10(12-3)11(2)8-6-5-7-9-11/h1,10,12H,5-9H2,2-3H3. The maximum atomic E-state index is 5.49. The molecule has 1 rings (SSSR count). The van der Waals surface area contributed by atoms with Crippen molar-refractivity contribution in [3.63, 3.8) is 0 Å². The first kappa shape index (κ1) is 9.61. The molecule has 1 aliphatic rings. The summed E-state index contributed by atoms with van der Waals surface area (Å²) in [5.41, 5.74) is 0.349. The Morgan fingerprint density at radius 1 is 1.33 bits per heavy atom. The van der Waals surface area contributed by atoms with Crippen LogP contribution in [0.25, 0.3) is 0 Å². The van der Waals surface area contributed by atoms with Gasteiger partial charge in [-0.15, -0.1) is 6.42 Å². The molecule has 12 heavy (non-hydrogen) atoms. The van der Waals surface area contributed by atoms with E-state index in [1.807, 2.05) is 7.05 Å². The van der Waals surface area contributed by atoms with E-state index in [2.05, 4.69) is 18.2 Å². The molecule has 0 aromatic heterocycles. The highest BCUT2D eigenvalue weighted by molar-refractivity contribution is 5.07. The third kappa shape index (κ3) is 1.81. The van der Waals surface area contributed by atoms with Crippen molar-refractivity contribution in [2.24, 2.45) is 5.41 Å². The molecule has 0 aliphatic heterocycles. The molecule has 0 aromatic carbocycles. The van der Waals surface area contributed by atoms with Gasteiger partial charge in [-0.05, 0) is 25.3 Å². The first-order valence-corrected chi connectivity index (χ1v) is 4.86. The third-order valence-electron chi connectivity index (χ3n) is 3.15. The molecule has 1 fully saturated rings. The van der Waals surface area contributed by atoms with Gasteiger partial charge in [-0.25, -0.2) is 0 Å². The van der Waals surface area contributed by atoms with E-state index in [1.165, 1.54) is 32.1 Å². The molecule has 0 radical (unpaired) electrons. The Morgan fingerprint density at radius 2 is 1.92 bits per heavy atom. The first-order valence-electron chi connectivity index (χ1n) is 4.86. The van der Waals surface area contributed by atoms with Crippen molar-refractivity contribution in [2.45, 2.75) is 45.1 Å². The number of hydrogen-bond donors (Lipinski definition) is 1. The van der Waals surface area contributed by atoms with Crippen molar-refractivity contribution < 1.29 is 0 Å². The lowest BCUT2D eigenvalue weighted by molar-refractivity contribution is 0.180. The Kier molecular flexibility index (Phi) is 3.17. The average Bonchev–Trinajstić information content (AvgIpc) is 2.07. The Bertz CT molecular complexity index is 172. The first-order chi connectivity index (χ1) is 5.73. The highest BCUT2D eigenvalue weighted by atomic mass is 14.9. The van der Waals surface area contributed by atoms with Crippen molar-refractivity contribution in [1.29, 1.82) is 0 Å². The van der Waals surface area contributed by atoms with Crippen LogP contribution in [0.2, 0.25) is 0 Å². The van der Waals surface area contributed by atoms with Crippen LogP contribution in [0.3, 0.4) is 0 Å². The molecular formula is C11H19N. The van der Waals surface area contributed by atoms with Gasteiger partial charge in [0.05, 0.1) is 6.04 Å². The Morgan fingerprint density at radius 3 is 2.33 bits per heavy atom. The molecule has 0 spiro atoms. The van der Waals surface area contributed by atoms with Crippen LogP contribution in [0.15, 0.2) is 0 Å². The summed E-state index contributed by atoms with van der Waals surface area (Å²) in [5, 5.41) is 3.23. The molecule has 1 nitrogen and oxygen atoms in total. The molecule has 0 heterocycles. The Hall–Kier alpha value is -0.480. The molecule has 0 saturated heterocycles. The fourth-order valence-corrected chi connectivity index (χ4v) is 2.28. The van der Waals surface area contributed by atoms with Gasteiger partial charge < -0.3 is 5.32 Å². The largest absolute Gasteiger partial charge is 0.306 e. The maximum Gasteiger partial charge on any atom is 0.0738 e. The summed E-state index contributed by atoms with van der Waals surface area (Å²) in [6.45, 7) is 2.31. The van der Waals surface area contributed by atoms with E-state index in [0.29, 0.717) is 5.41 Å². The summed E-state index contributed by atoms with van der Waals surface area (Å²) in [4.78, 5) is 0. The molecule has 1 unspecified atom stereocenters. The normalized spacial score (nSPS) is 24.4. The summed E-state index contributed by atoms with van der Waals surface area (Å²) in [7, 11) is 1.96. The van der Waals surface area contributed by atoms with Gasteiger partial charge in [0.25, 0.3) is 0 Å². The quantitative estimate of drug-likeness (QED) is 0.618. The van der Waals surface area contributed by atoms with E-state index in [4.69, 9.17) is 6.42 Å². The van der Waals surface area contributed by atoms with Crippen molar-refractivity contribution in [2.75, 3.05) is 7.05 Å². The smallest absolute Gasteiger partial charge is 0.0738 e. The predicted octanol–water partition coefficient (Wildman–Crippen LogP) is 2.18. The van der Waals surface area contributed by atoms with Crippen LogP contribution in [-0.4, -0.2) is 13.1 Å². The summed E-state index contributed by atoms with van der Waals surface area (Å²) in [6.07, 6.45) is 12.1. The lowest BCUT2D eigenvalue weighted by Crippen LogP contribution is -2.42. The highest BCUT2D eigenvalue weighted by Crippen LogP contribution is 2.38. The lowest BCUT2D eigenvalue weighted by Gasteiger charge is -2.38. The van der Waals surface area contributed by atoms with Crippen molar-refractivity contribution >= 4 is 0 Å². The molecular weight excluding hydrogens is 146 g/mol. The molecule has 1 N–H and O–H groups in total. The number of terminal acetylenes is 1. The van der Waals surface area contributed by atoms with Crippen LogP contribution < -0.4 is 5.32 Å². The minimum Gasteiger partial charge on any atom is -0.306 e. The SMILES string of the molecule is C#CC(NC)C1(C)CCCCC1. The zero-order chi connectivity index (χ0) is 9.03. The van der Waals surface area contributed by atoms with Gasteiger partial charge in [0, 0.05) is 0 Å². The molecule has 1 saturated carbocycles. The van der Waals surface area contributed by atoms with Gasteiger partial charge in [0.1, 0.15) is 0 Å². The van der Waals surface area contributed by atoms with E-state index in [-0.39, 0.29) is 6.04 Å². The van der Waals surface area contributed by atoms with Gasteiger partial charge in [0.2, 0.25) is 0 Å². The van der Waals surface area contributed by atoms with Gasteiger partial charge >= 0.3 is 0 Å². The Labute approximate surface area is 75.9 Å². The monoisotopic (exact) mass is 165 g/mol. The third-order valence-corrected chi connectivity index (χ3v) is 3.15. The topological polar surface area (TPSA) is 12.0 Å². The molecule has 0 amide bonds. The van der Waals surface area contributed by atoms with E-state index in [1.54, 1.807) is 0 Å². The molecule has 1 heteroatoms. The van der Waals surface area contributed by atoms with Crippen LogP contribution in [0.1, 0.15) is 39.0 Å². The Balaban J connectivity index is 2.61. The van der Waals surface area contributed by atoms with Gasteiger partial charge in [0.15, 0.2) is 0 Å². The zero-order valence-corrected chi connectivity index (χ0v) is 8.19. The summed E-state index contributed by atoms with van der Waals surface area (Å²) in [5.74, 6) is 2.85. The molecule has 0 aromatic rings. The maximum absolute atomic E-state index is 5.49. The van der Waals surface area contributed by atoms with Gasteiger partial charge in [-0.3, -0.25) is 0 Å². The van der Waals surface area contributed by atoms with Crippen molar-refractivity contribution in [1.82, 2.24) is 5.32 Å². The minimum atomic E-state index is 0.262. The number of hydrogen-bond acceptors (Lipinski definition) is 1. The fraction of sp³-hybridized carbons (Fsp3) is 0.818. The minimum absolute atomic E-state index is 0.262. The molecule has 68 valence electrons. The van der Waals surface area contributed by atoms with Crippen LogP contribution in [-0.2, 0) is 0 Å². The average molecular weight is 165 g/mol. The number of rotatable bonds is 2. The van der Waals surface area contributed by atoms with Crippen LogP contribution in [0.4, 0.5) is 0 Å². The molecule has 1 atom stereocenters. The molecule has 1 aliphatic carbocycles. The van der Waals surface area contributed by atoms with Crippen molar-refractivity contribution in [3.8, 4) is 12.3 Å². The fourth-order valence-electron chi connectivity index (χ4n) is 2.28. The lowest BCUT2D eigenvalue weighted by atomic mass is 9.71. The van der Waals surface area contributed by atoms with Gasteiger partial charge in [-0.2, -0.15) is 0 Å². The van der Waals surface area contributed by atoms with Crippen LogP contribution in [0, 0.1) is 17.8 Å². The predicted molar refractivity (Wildman–Crippen MR) is 52.9 cm³/mol. The van der Waals surface area contributed by atoms with E-state index >= 15 is 0 Å². The molecule has 0 bridgehead atoms. The zero-order valence-electron chi connectivity index (χ0n) is 8.19. The second kappa shape index (κ2) is 3.96.